The molecule has 1 aliphatic rings. The summed E-state index contributed by atoms with van der Waals surface area (Å²) in [5.41, 5.74) is -7.93. The predicted octanol–water partition coefficient (Wildman–Crippen LogP) is 3.42. The van der Waals surface area contributed by atoms with Crippen molar-refractivity contribution in [2.75, 3.05) is 0 Å². The molecular weight excluding hydrogens is 375 g/mol. The van der Waals surface area contributed by atoms with Crippen LogP contribution < -0.4 is 0 Å². The third kappa shape index (κ3) is 2.66. The summed E-state index contributed by atoms with van der Waals surface area (Å²) in [6.07, 6.45) is -5.90. The number of carboxylic acid groups (broad SMARTS) is 1. The van der Waals surface area contributed by atoms with Gasteiger partial charge in [-0.25, -0.2) is 13.6 Å². The number of benzene rings is 1. The Morgan fingerprint density at radius 2 is 1.96 bits per heavy atom. The van der Waals surface area contributed by atoms with Gasteiger partial charge >= 0.3 is 12.1 Å². The number of H-pyrrole nitrogens is 1. The van der Waals surface area contributed by atoms with E-state index in [9.17, 15) is 31.9 Å². The second-order valence-corrected chi connectivity index (χ2v) is 6.15. The topological polar surface area (TPSA) is 97.1 Å². The Kier molecular flexibility index (Phi) is 4.04. The molecule has 1 aromatic carbocycles. The van der Waals surface area contributed by atoms with Crippen molar-refractivity contribution in [3.63, 3.8) is 0 Å². The van der Waals surface area contributed by atoms with Gasteiger partial charge in [-0.05, 0) is 24.1 Å². The Morgan fingerprint density at radius 3 is 2.52 bits per heavy atom. The Balaban J connectivity index is 2.35. The third-order valence-corrected chi connectivity index (χ3v) is 4.64. The average molecular weight is 386 g/mol. The van der Waals surface area contributed by atoms with E-state index in [-0.39, 0.29) is 11.3 Å². The molecule has 1 heterocycles. The van der Waals surface area contributed by atoms with E-state index in [0.29, 0.717) is 12.3 Å². The lowest BCUT2D eigenvalue weighted by molar-refractivity contribution is -0.181. The lowest BCUT2D eigenvalue weighted by atomic mass is 9.72. The lowest BCUT2D eigenvalue weighted by Gasteiger charge is -2.41. The minimum Gasteiger partial charge on any atom is -0.478 e. The molecule has 0 bridgehead atoms. The Labute approximate surface area is 148 Å². The molecule has 10 heteroatoms. The van der Waals surface area contributed by atoms with E-state index >= 15 is 0 Å². The van der Waals surface area contributed by atoms with Crippen molar-refractivity contribution in [3.05, 3.63) is 57.9 Å². The SMILES string of the molecule is N#Cc1ccc(C2(O)c3c(C(F)(F)F)c[nH]c3CCC2(F)F)cc1C(=O)O. The Hall–Kier alpha value is -2.93. The molecule has 1 aliphatic carbocycles. The fourth-order valence-corrected chi connectivity index (χ4v) is 3.35. The summed E-state index contributed by atoms with van der Waals surface area (Å²) in [7, 11) is 0. The first-order chi connectivity index (χ1) is 12.4. The standard InChI is InChI=1S/C17H11F5N2O3/c18-15(19)4-3-12-13(11(7-24-12)17(20,21)22)16(15,27)9-2-1-8(6-23)10(5-9)14(25)26/h1-2,5,7,24,27H,3-4H2,(H,25,26). The molecule has 142 valence electrons. The highest BCUT2D eigenvalue weighted by atomic mass is 19.4. The molecule has 27 heavy (non-hydrogen) atoms. The van der Waals surface area contributed by atoms with Gasteiger partial charge in [0.1, 0.15) is 6.07 Å². The molecular formula is C17H11F5N2O3. The summed E-state index contributed by atoms with van der Waals surface area (Å²) in [5, 5.41) is 29.0. The normalized spacial score (nSPS) is 21.4. The number of nitriles is 1. The average Bonchev–Trinajstić information content (AvgIpc) is 3.03. The van der Waals surface area contributed by atoms with E-state index in [0.717, 1.165) is 12.1 Å². The van der Waals surface area contributed by atoms with E-state index in [1.54, 1.807) is 6.07 Å². The summed E-state index contributed by atoms with van der Waals surface area (Å²) < 4.78 is 69.5. The van der Waals surface area contributed by atoms with Crippen molar-refractivity contribution in [1.82, 2.24) is 4.98 Å². The van der Waals surface area contributed by atoms with Crippen LogP contribution in [0, 0.1) is 11.3 Å². The van der Waals surface area contributed by atoms with Crippen LogP contribution in [0.15, 0.2) is 24.4 Å². The fraction of sp³-hybridized carbons (Fsp3) is 0.294. The zero-order valence-electron chi connectivity index (χ0n) is 13.4. The van der Waals surface area contributed by atoms with Crippen molar-refractivity contribution < 1.29 is 37.0 Å². The van der Waals surface area contributed by atoms with Gasteiger partial charge in [-0.1, -0.05) is 6.07 Å². The number of nitrogens with one attached hydrogen (secondary N) is 1. The number of carbonyl (C=O) groups is 1. The van der Waals surface area contributed by atoms with Gasteiger partial charge in [-0.15, -0.1) is 0 Å². The number of hydrogen-bond donors (Lipinski definition) is 3. The van der Waals surface area contributed by atoms with Gasteiger partial charge in [0.15, 0.2) is 5.60 Å². The van der Waals surface area contributed by atoms with Gasteiger partial charge in [-0.3, -0.25) is 0 Å². The number of rotatable bonds is 2. The van der Waals surface area contributed by atoms with Crippen LogP contribution in [-0.2, 0) is 18.2 Å². The Bertz CT molecular complexity index is 974. The van der Waals surface area contributed by atoms with Gasteiger partial charge < -0.3 is 15.2 Å². The second-order valence-electron chi connectivity index (χ2n) is 6.15. The monoisotopic (exact) mass is 386 g/mol. The summed E-state index contributed by atoms with van der Waals surface area (Å²) in [4.78, 5) is 13.6. The van der Waals surface area contributed by atoms with Crippen molar-refractivity contribution in [3.8, 4) is 6.07 Å². The molecule has 1 aromatic heterocycles. The summed E-state index contributed by atoms with van der Waals surface area (Å²) in [6, 6.07) is 3.87. The highest BCUT2D eigenvalue weighted by molar-refractivity contribution is 5.91. The van der Waals surface area contributed by atoms with Gasteiger partial charge in [0.2, 0.25) is 0 Å². The van der Waals surface area contributed by atoms with Gasteiger partial charge in [0.25, 0.3) is 5.92 Å². The lowest BCUT2D eigenvalue weighted by Crippen LogP contribution is -2.50. The van der Waals surface area contributed by atoms with Crippen LogP contribution in [0.2, 0.25) is 0 Å². The van der Waals surface area contributed by atoms with Crippen molar-refractivity contribution in [1.29, 1.82) is 5.26 Å². The van der Waals surface area contributed by atoms with Crippen LogP contribution in [-0.4, -0.2) is 27.1 Å². The minimum absolute atomic E-state index is 0.211. The smallest absolute Gasteiger partial charge is 0.418 e. The molecule has 0 radical (unpaired) electrons. The largest absolute Gasteiger partial charge is 0.478 e. The highest BCUT2D eigenvalue weighted by Gasteiger charge is 2.61. The summed E-state index contributed by atoms with van der Waals surface area (Å²) >= 11 is 0. The quantitative estimate of drug-likeness (QED) is 0.689. The second kappa shape index (κ2) is 5.79. The van der Waals surface area contributed by atoms with Crippen molar-refractivity contribution in [2.24, 2.45) is 0 Å². The molecule has 2 aromatic rings. The molecule has 0 spiro atoms. The van der Waals surface area contributed by atoms with E-state index in [1.165, 1.54) is 0 Å². The number of halogens is 5. The van der Waals surface area contributed by atoms with Crippen molar-refractivity contribution in [2.45, 2.75) is 30.5 Å². The number of fused-ring (bicyclic) bond motifs is 1. The molecule has 0 aliphatic heterocycles. The zero-order valence-corrected chi connectivity index (χ0v) is 13.4. The minimum atomic E-state index is -5.02. The maximum Gasteiger partial charge on any atom is 0.418 e. The summed E-state index contributed by atoms with van der Waals surface area (Å²) in [5.74, 6) is -5.65. The van der Waals surface area contributed by atoms with Gasteiger partial charge in [0.05, 0.1) is 16.7 Å². The molecule has 3 N–H and O–H groups in total. The molecule has 0 saturated heterocycles. The van der Waals surface area contributed by atoms with E-state index in [4.69, 9.17) is 10.4 Å². The first-order valence-corrected chi connectivity index (χ1v) is 7.59. The first kappa shape index (κ1) is 18.8. The van der Waals surface area contributed by atoms with Crippen LogP contribution in [0.1, 0.15) is 44.7 Å². The number of aryl methyl sites for hydroxylation is 1. The van der Waals surface area contributed by atoms with Crippen LogP contribution in [0.25, 0.3) is 0 Å². The number of alkyl halides is 5. The van der Waals surface area contributed by atoms with E-state index in [2.05, 4.69) is 4.98 Å². The summed E-state index contributed by atoms with van der Waals surface area (Å²) in [6.45, 7) is 0. The maximum atomic E-state index is 14.7. The molecule has 1 atom stereocenters. The van der Waals surface area contributed by atoms with Crippen LogP contribution in [0.4, 0.5) is 22.0 Å². The molecule has 0 amide bonds. The highest BCUT2D eigenvalue weighted by Crippen LogP contribution is 2.53. The number of carboxylic acids is 1. The number of aliphatic hydroxyl groups is 1. The number of aromatic carboxylic acids is 1. The number of aromatic nitrogens is 1. The van der Waals surface area contributed by atoms with Gasteiger partial charge in [0, 0.05) is 23.9 Å². The molecule has 0 saturated carbocycles. The predicted molar refractivity (Wildman–Crippen MR) is 80.2 cm³/mol. The molecule has 3 rings (SSSR count). The molecule has 0 fully saturated rings. The molecule has 1 unspecified atom stereocenters. The van der Waals surface area contributed by atoms with Crippen LogP contribution in [0.3, 0.4) is 0 Å². The fourth-order valence-electron chi connectivity index (χ4n) is 3.35. The van der Waals surface area contributed by atoms with E-state index < -0.39 is 58.8 Å². The van der Waals surface area contributed by atoms with E-state index in [1.807, 2.05) is 0 Å². The number of aromatic amines is 1. The first-order valence-electron chi connectivity index (χ1n) is 7.59. The van der Waals surface area contributed by atoms with Crippen molar-refractivity contribution >= 4 is 5.97 Å². The van der Waals surface area contributed by atoms with Crippen LogP contribution >= 0.6 is 0 Å². The van der Waals surface area contributed by atoms with Crippen LogP contribution in [0.5, 0.6) is 0 Å². The number of nitrogens with zero attached hydrogens (tertiary/aromatic N) is 1. The zero-order chi connectivity index (χ0) is 20.2. The number of hydrogen-bond acceptors (Lipinski definition) is 3. The molecule has 5 nitrogen and oxygen atoms in total. The third-order valence-electron chi connectivity index (χ3n) is 4.64. The Morgan fingerprint density at radius 1 is 1.30 bits per heavy atom. The van der Waals surface area contributed by atoms with Gasteiger partial charge in [-0.2, -0.15) is 18.4 Å². The maximum absolute atomic E-state index is 14.7.